The van der Waals surface area contributed by atoms with Gasteiger partial charge in [-0.1, -0.05) is 0 Å². The Hall–Kier alpha value is -0.690. The van der Waals surface area contributed by atoms with Crippen molar-refractivity contribution in [2.45, 2.75) is 24.4 Å². The minimum atomic E-state index is -1.73. The Bertz CT molecular complexity index is 179. The predicted octanol–water partition coefficient (Wildman–Crippen LogP) is -3.01. The highest BCUT2D eigenvalue weighted by atomic mass is 16.6. The van der Waals surface area contributed by atoms with Crippen molar-refractivity contribution in [2.24, 2.45) is 0 Å². The molecule has 0 amide bonds. The monoisotopic (exact) mass is 178 g/mol. The van der Waals surface area contributed by atoms with Crippen LogP contribution in [-0.2, 0) is 9.53 Å². The number of esters is 1. The summed E-state index contributed by atoms with van der Waals surface area (Å²) in [6, 6.07) is 0. The van der Waals surface area contributed by atoms with Gasteiger partial charge in [-0.05, 0) is 0 Å². The van der Waals surface area contributed by atoms with Crippen LogP contribution in [0.5, 0.6) is 0 Å². The first-order valence-corrected chi connectivity index (χ1v) is 3.43. The zero-order valence-electron chi connectivity index (χ0n) is 6.12. The number of carbonyl (C=O) groups excluding carboxylic acids is 1. The maximum Gasteiger partial charge on any atom is 0.338 e. The topological polar surface area (TPSA) is 107 Å². The normalized spacial score (nSPS) is 42.5. The molecule has 6 heteroatoms. The van der Waals surface area contributed by atoms with Gasteiger partial charge in [0.25, 0.3) is 0 Å². The van der Waals surface area contributed by atoms with E-state index in [2.05, 4.69) is 4.74 Å². The molecule has 1 aliphatic rings. The average Bonchev–Trinajstić information content (AvgIpc) is 2.08. The Kier molecular flexibility index (Phi) is 2.63. The molecule has 1 rings (SSSR count). The Morgan fingerprint density at radius 1 is 1.25 bits per heavy atom. The Morgan fingerprint density at radius 3 is 2.33 bits per heavy atom. The summed E-state index contributed by atoms with van der Waals surface area (Å²) in [6.45, 7) is -0.587. The highest BCUT2D eigenvalue weighted by molar-refractivity contribution is 5.76. The van der Waals surface area contributed by atoms with Gasteiger partial charge in [0.1, 0.15) is 12.2 Å². The van der Waals surface area contributed by atoms with E-state index in [-0.39, 0.29) is 0 Å². The number of carbonyl (C=O) groups is 1. The molecule has 0 aromatic rings. The third kappa shape index (κ3) is 1.42. The molecule has 2 unspecified atom stereocenters. The van der Waals surface area contributed by atoms with Crippen molar-refractivity contribution in [3.05, 3.63) is 0 Å². The molecule has 70 valence electrons. The molecule has 0 aromatic carbocycles. The van der Waals surface area contributed by atoms with Crippen molar-refractivity contribution in [1.29, 1.82) is 0 Å². The molecule has 0 radical (unpaired) electrons. The SMILES string of the molecule is O=C1O[C@@H](CO)C(O)[C@H](O)C1O. The lowest BCUT2D eigenvalue weighted by Gasteiger charge is -2.32. The van der Waals surface area contributed by atoms with Crippen LogP contribution in [0.25, 0.3) is 0 Å². The van der Waals surface area contributed by atoms with Crippen molar-refractivity contribution < 1.29 is 30.0 Å². The molecule has 0 aromatic heterocycles. The highest BCUT2D eigenvalue weighted by Gasteiger charge is 2.43. The zero-order chi connectivity index (χ0) is 9.30. The maximum atomic E-state index is 10.7. The minimum Gasteiger partial charge on any atom is -0.455 e. The third-order valence-corrected chi connectivity index (χ3v) is 1.74. The third-order valence-electron chi connectivity index (χ3n) is 1.74. The van der Waals surface area contributed by atoms with Crippen LogP contribution >= 0.6 is 0 Å². The van der Waals surface area contributed by atoms with Crippen LogP contribution in [0.2, 0.25) is 0 Å². The van der Waals surface area contributed by atoms with Crippen molar-refractivity contribution in [3.63, 3.8) is 0 Å². The van der Waals surface area contributed by atoms with E-state index in [0.29, 0.717) is 0 Å². The van der Waals surface area contributed by atoms with Gasteiger partial charge < -0.3 is 25.2 Å². The number of aliphatic hydroxyl groups is 4. The predicted molar refractivity (Wildman–Crippen MR) is 35.0 cm³/mol. The van der Waals surface area contributed by atoms with E-state index in [9.17, 15) is 4.79 Å². The first kappa shape index (κ1) is 9.40. The van der Waals surface area contributed by atoms with E-state index in [1.807, 2.05) is 0 Å². The van der Waals surface area contributed by atoms with Gasteiger partial charge in [0, 0.05) is 0 Å². The molecule has 12 heavy (non-hydrogen) atoms. The maximum absolute atomic E-state index is 10.7. The van der Waals surface area contributed by atoms with Gasteiger partial charge in [-0.25, -0.2) is 4.79 Å². The summed E-state index contributed by atoms with van der Waals surface area (Å²) in [6.07, 6.45) is -5.93. The number of ether oxygens (including phenoxy) is 1. The summed E-state index contributed by atoms with van der Waals surface area (Å²) in [5.74, 6) is -1.04. The molecule has 4 atom stereocenters. The Morgan fingerprint density at radius 2 is 1.83 bits per heavy atom. The summed E-state index contributed by atoms with van der Waals surface area (Å²) >= 11 is 0. The molecule has 0 bridgehead atoms. The molecule has 1 saturated heterocycles. The van der Waals surface area contributed by atoms with E-state index >= 15 is 0 Å². The fraction of sp³-hybridized carbons (Fsp3) is 0.833. The molecule has 1 heterocycles. The Labute approximate surface area is 68.0 Å². The fourth-order valence-corrected chi connectivity index (χ4v) is 0.980. The summed E-state index contributed by atoms with van der Waals surface area (Å²) in [7, 11) is 0. The van der Waals surface area contributed by atoms with Crippen LogP contribution in [0.4, 0.5) is 0 Å². The average molecular weight is 178 g/mol. The van der Waals surface area contributed by atoms with Crippen LogP contribution in [0.3, 0.4) is 0 Å². The van der Waals surface area contributed by atoms with Crippen LogP contribution in [0.1, 0.15) is 0 Å². The number of hydrogen-bond acceptors (Lipinski definition) is 6. The highest BCUT2D eigenvalue weighted by Crippen LogP contribution is 2.15. The summed E-state index contributed by atoms with van der Waals surface area (Å²) in [5.41, 5.74) is 0. The second-order valence-corrected chi connectivity index (χ2v) is 2.58. The molecule has 6 nitrogen and oxygen atoms in total. The summed E-state index contributed by atoms with van der Waals surface area (Å²) < 4.78 is 4.38. The number of aliphatic hydroxyl groups excluding tert-OH is 4. The van der Waals surface area contributed by atoms with Crippen molar-refractivity contribution in [2.75, 3.05) is 6.61 Å². The lowest BCUT2D eigenvalue weighted by Crippen LogP contribution is -2.56. The summed E-state index contributed by atoms with van der Waals surface area (Å²) in [5, 5.41) is 35.5. The van der Waals surface area contributed by atoms with Crippen LogP contribution in [-0.4, -0.2) is 57.4 Å². The summed E-state index contributed by atoms with van der Waals surface area (Å²) in [4.78, 5) is 10.7. The molecule has 0 spiro atoms. The van der Waals surface area contributed by atoms with Crippen molar-refractivity contribution in [3.8, 4) is 0 Å². The zero-order valence-corrected chi connectivity index (χ0v) is 6.12. The molecule has 0 aliphatic carbocycles. The van der Waals surface area contributed by atoms with Gasteiger partial charge in [0.2, 0.25) is 0 Å². The smallest absolute Gasteiger partial charge is 0.338 e. The van der Waals surface area contributed by atoms with Crippen LogP contribution < -0.4 is 0 Å². The molecule has 4 N–H and O–H groups in total. The van der Waals surface area contributed by atoms with E-state index in [1.165, 1.54) is 0 Å². The van der Waals surface area contributed by atoms with Crippen molar-refractivity contribution >= 4 is 5.97 Å². The standard InChI is InChI=1S/C6H10O6/c7-1-2-3(8)4(9)5(10)6(11)12-2/h2-5,7-10H,1H2/t2-,3?,4-,5?/m0/s1. The van der Waals surface area contributed by atoms with Gasteiger partial charge in [0.15, 0.2) is 12.2 Å². The molecular formula is C6H10O6. The van der Waals surface area contributed by atoms with E-state index < -0.39 is 37.0 Å². The van der Waals surface area contributed by atoms with E-state index in [1.54, 1.807) is 0 Å². The van der Waals surface area contributed by atoms with Crippen LogP contribution in [0, 0.1) is 0 Å². The van der Waals surface area contributed by atoms with Gasteiger partial charge in [-0.2, -0.15) is 0 Å². The lowest BCUT2D eigenvalue weighted by molar-refractivity contribution is -0.206. The molecule has 0 saturated carbocycles. The molecule has 1 fully saturated rings. The van der Waals surface area contributed by atoms with E-state index in [4.69, 9.17) is 20.4 Å². The largest absolute Gasteiger partial charge is 0.455 e. The van der Waals surface area contributed by atoms with Gasteiger partial charge in [-0.3, -0.25) is 0 Å². The quantitative estimate of drug-likeness (QED) is 0.318. The van der Waals surface area contributed by atoms with Crippen LogP contribution in [0.15, 0.2) is 0 Å². The number of cyclic esters (lactones) is 1. The van der Waals surface area contributed by atoms with Gasteiger partial charge in [-0.15, -0.1) is 0 Å². The fourth-order valence-electron chi connectivity index (χ4n) is 0.980. The Balaban J connectivity index is 2.70. The van der Waals surface area contributed by atoms with Gasteiger partial charge in [0.05, 0.1) is 6.61 Å². The second kappa shape index (κ2) is 3.36. The first-order chi connectivity index (χ1) is 5.57. The van der Waals surface area contributed by atoms with Crippen molar-refractivity contribution in [1.82, 2.24) is 0 Å². The lowest BCUT2D eigenvalue weighted by atomic mass is 10.0. The van der Waals surface area contributed by atoms with Gasteiger partial charge >= 0.3 is 5.97 Å². The van der Waals surface area contributed by atoms with E-state index in [0.717, 1.165) is 0 Å². The number of rotatable bonds is 1. The second-order valence-electron chi connectivity index (χ2n) is 2.58. The molecular weight excluding hydrogens is 168 g/mol. The molecule has 1 aliphatic heterocycles. The number of hydrogen-bond donors (Lipinski definition) is 4. The minimum absolute atomic E-state index is 0.587. The first-order valence-electron chi connectivity index (χ1n) is 3.43.